The number of rotatable bonds is 8. The normalized spacial score (nSPS) is 12.5. The smallest absolute Gasteiger partial charge is 0.387 e. The summed E-state index contributed by atoms with van der Waals surface area (Å²) >= 11 is 0. The largest absolute Gasteiger partial charge is 0.452 e. The molecule has 0 aromatic heterocycles. The van der Waals surface area contributed by atoms with Crippen molar-refractivity contribution in [1.82, 2.24) is 5.32 Å². The third kappa shape index (κ3) is 5.52. The van der Waals surface area contributed by atoms with Crippen molar-refractivity contribution in [3.8, 4) is 5.75 Å². The van der Waals surface area contributed by atoms with Crippen molar-refractivity contribution < 1.29 is 27.8 Å². The van der Waals surface area contributed by atoms with Crippen LogP contribution in [0.25, 0.3) is 0 Å². The van der Waals surface area contributed by atoms with E-state index in [0.29, 0.717) is 18.5 Å². The average molecular weight is 389 g/mol. The van der Waals surface area contributed by atoms with E-state index in [0.717, 1.165) is 24.8 Å². The summed E-state index contributed by atoms with van der Waals surface area (Å²) in [4.78, 5) is 23.9. The van der Waals surface area contributed by atoms with Gasteiger partial charge in [0.2, 0.25) is 0 Å². The molecule has 0 aliphatic heterocycles. The molecule has 3 rings (SSSR count). The number of carbonyl (C=O) groups is 2. The second-order valence-electron chi connectivity index (χ2n) is 6.54. The maximum absolute atomic E-state index is 12.1. The van der Waals surface area contributed by atoms with Crippen LogP contribution in [0.4, 0.5) is 8.78 Å². The second kappa shape index (κ2) is 9.30. The Morgan fingerprint density at radius 1 is 1.04 bits per heavy atom. The maximum atomic E-state index is 12.1. The molecule has 28 heavy (non-hydrogen) atoms. The van der Waals surface area contributed by atoms with E-state index in [2.05, 4.69) is 10.1 Å². The Balaban J connectivity index is 1.38. The van der Waals surface area contributed by atoms with Gasteiger partial charge in [0.05, 0.1) is 5.56 Å². The molecule has 0 radical (unpaired) electrons. The Morgan fingerprint density at radius 3 is 2.54 bits per heavy atom. The van der Waals surface area contributed by atoms with Crippen LogP contribution in [0, 0.1) is 0 Å². The molecule has 0 unspecified atom stereocenters. The number of benzene rings is 2. The molecule has 0 saturated heterocycles. The van der Waals surface area contributed by atoms with Crippen LogP contribution >= 0.6 is 0 Å². The van der Waals surface area contributed by atoms with Gasteiger partial charge in [-0.2, -0.15) is 8.78 Å². The number of carbonyl (C=O) groups excluding carboxylic acids is 2. The minimum atomic E-state index is -2.86. The molecule has 0 spiro atoms. The van der Waals surface area contributed by atoms with Crippen molar-refractivity contribution in [1.29, 1.82) is 0 Å². The first-order chi connectivity index (χ1) is 13.5. The fourth-order valence-corrected chi connectivity index (χ4v) is 3.15. The topological polar surface area (TPSA) is 64.6 Å². The highest BCUT2D eigenvalue weighted by Gasteiger charge is 2.15. The Bertz CT molecular complexity index is 837. The number of aryl methyl sites for hydroxylation is 2. The van der Waals surface area contributed by atoms with E-state index in [4.69, 9.17) is 4.74 Å². The predicted molar refractivity (Wildman–Crippen MR) is 98.5 cm³/mol. The van der Waals surface area contributed by atoms with Crippen LogP contribution in [0.15, 0.2) is 42.5 Å². The monoisotopic (exact) mass is 389 g/mol. The third-order valence-electron chi connectivity index (χ3n) is 4.55. The van der Waals surface area contributed by atoms with Crippen molar-refractivity contribution >= 4 is 11.9 Å². The van der Waals surface area contributed by atoms with E-state index < -0.39 is 18.5 Å². The number of hydrogen-bond donors (Lipinski definition) is 1. The Labute approximate surface area is 161 Å². The molecule has 2 aromatic carbocycles. The molecule has 1 aliphatic carbocycles. The molecule has 0 atom stereocenters. The Hall–Kier alpha value is -2.96. The van der Waals surface area contributed by atoms with Crippen LogP contribution in [0.5, 0.6) is 5.75 Å². The lowest BCUT2D eigenvalue weighted by Crippen LogP contribution is -2.30. The van der Waals surface area contributed by atoms with Crippen molar-refractivity contribution in [2.75, 3.05) is 13.2 Å². The van der Waals surface area contributed by atoms with Gasteiger partial charge in [0.15, 0.2) is 6.61 Å². The molecular weight excluding hydrogens is 368 g/mol. The molecule has 0 fully saturated rings. The first-order valence-corrected chi connectivity index (χ1v) is 9.10. The maximum Gasteiger partial charge on any atom is 0.387 e. The highest BCUT2D eigenvalue weighted by Crippen LogP contribution is 2.23. The van der Waals surface area contributed by atoms with Crippen LogP contribution < -0.4 is 10.1 Å². The van der Waals surface area contributed by atoms with Gasteiger partial charge >= 0.3 is 12.6 Å². The number of fused-ring (bicyclic) bond motifs is 1. The first-order valence-electron chi connectivity index (χ1n) is 9.10. The minimum absolute atomic E-state index is 0.0845. The van der Waals surface area contributed by atoms with Gasteiger partial charge in [-0.1, -0.05) is 18.2 Å². The van der Waals surface area contributed by atoms with Crippen LogP contribution in [0.1, 0.15) is 33.5 Å². The number of amides is 1. The summed E-state index contributed by atoms with van der Waals surface area (Å²) in [5, 5.41) is 2.66. The molecule has 5 nitrogen and oxygen atoms in total. The van der Waals surface area contributed by atoms with Crippen LogP contribution in [-0.4, -0.2) is 31.6 Å². The zero-order valence-corrected chi connectivity index (χ0v) is 15.3. The summed E-state index contributed by atoms with van der Waals surface area (Å²) in [6.07, 6.45) is 3.61. The van der Waals surface area contributed by atoms with Gasteiger partial charge in [-0.15, -0.1) is 0 Å². The number of halogens is 2. The van der Waals surface area contributed by atoms with E-state index in [1.165, 1.54) is 23.3 Å². The van der Waals surface area contributed by atoms with E-state index in [-0.39, 0.29) is 12.4 Å². The Kier molecular flexibility index (Phi) is 6.57. The molecule has 1 amide bonds. The van der Waals surface area contributed by atoms with Crippen molar-refractivity contribution in [3.63, 3.8) is 0 Å². The molecule has 148 valence electrons. The number of nitrogens with one attached hydrogen (secondary N) is 1. The quantitative estimate of drug-likeness (QED) is 0.704. The molecular formula is C21H21F2NO4. The molecule has 7 heteroatoms. The van der Waals surface area contributed by atoms with Crippen molar-refractivity contribution in [3.05, 3.63) is 64.7 Å². The standard InChI is InChI=1S/C21H21F2NO4/c22-21(23)28-18-8-4-14(5-9-18)10-11-24-19(25)13-27-20(26)17-7-6-15-2-1-3-16(15)12-17/h4-9,12,21H,1-3,10-11,13H2,(H,24,25). The molecule has 0 heterocycles. The lowest BCUT2D eigenvalue weighted by atomic mass is 10.1. The summed E-state index contributed by atoms with van der Waals surface area (Å²) in [7, 11) is 0. The minimum Gasteiger partial charge on any atom is -0.452 e. The summed E-state index contributed by atoms with van der Waals surface area (Å²) in [6.45, 7) is -2.87. The van der Waals surface area contributed by atoms with Gasteiger partial charge in [0, 0.05) is 6.54 Å². The zero-order chi connectivity index (χ0) is 19.9. The molecule has 1 aliphatic rings. The van der Waals surface area contributed by atoms with E-state index >= 15 is 0 Å². The summed E-state index contributed by atoms with van der Waals surface area (Å²) in [6, 6.07) is 11.7. The number of ether oxygens (including phenoxy) is 2. The molecule has 2 aromatic rings. The fourth-order valence-electron chi connectivity index (χ4n) is 3.15. The summed E-state index contributed by atoms with van der Waals surface area (Å²) < 4.78 is 33.5. The second-order valence-corrected chi connectivity index (χ2v) is 6.54. The van der Waals surface area contributed by atoms with Gasteiger partial charge in [-0.3, -0.25) is 4.79 Å². The predicted octanol–water partition coefficient (Wildman–Crippen LogP) is 3.29. The Morgan fingerprint density at radius 2 is 1.79 bits per heavy atom. The van der Waals surface area contributed by atoms with Gasteiger partial charge in [-0.25, -0.2) is 4.79 Å². The van der Waals surface area contributed by atoms with Gasteiger partial charge in [0.25, 0.3) is 5.91 Å². The van der Waals surface area contributed by atoms with Gasteiger partial charge in [-0.05, 0) is 66.6 Å². The van der Waals surface area contributed by atoms with Crippen molar-refractivity contribution in [2.45, 2.75) is 32.3 Å². The van der Waals surface area contributed by atoms with Gasteiger partial charge < -0.3 is 14.8 Å². The highest BCUT2D eigenvalue weighted by molar-refractivity contribution is 5.91. The van der Waals surface area contributed by atoms with Crippen molar-refractivity contribution in [2.24, 2.45) is 0 Å². The third-order valence-corrected chi connectivity index (χ3v) is 4.55. The molecule has 0 bridgehead atoms. The number of esters is 1. The summed E-state index contributed by atoms with van der Waals surface area (Å²) in [5.41, 5.74) is 3.75. The first kappa shape index (κ1) is 19.8. The van der Waals surface area contributed by atoms with E-state index in [9.17, 15) is 18.4 Å². The highest BCUT2D eigenvalue weighted by atomic mass is 19.3. The number of alkyl halides is 2. The van der Waals surface area contributed by atoms with E-state index in [1.54, 1.807) is 18.2 Å². The van der Waals surface area contributed by atoms with Gasteiger partial charge in [0.1, 0.15) is 5.75 Å². The SMILES string of the molecule is O=C(COC(=O)c1ccc2c(c1)CCC2)NCCc1ccc(OC(F)F)cc1. The zero-order valence-electron chi connectivity index (χ0n) is 15.3. The average Bonchev–Trinajstić information content (AvgIpc) is 3.15. The lowest BCUT2D eigenvalue weighted by molar-refractivity contribution is -0.124. The molecule has 1 N–H and O–H groups in total. The van der Waals surface area contributed by atoms with Crippen LogP contribution in [-0.2, 0) is 28.8 Å². The van der Waals surface area contributed by atoms with Crippen LogP contribution in [0.3, 0.4) is 0 Å². The molecule has 0 saturated carbocycles. The number of hydrogen-bond acceptors (Lipinski definition) is 4. The fraction of sp³-hybridized carbons (Fsp3) is 0.333. The summed E-state index contributed by atoms with van der Waals surface area (Å²) in [5.74, 6) is -0.826. The van der Waals surface area contributed by atoms with E-state index in [1.807, 2.05) is 12.1 Å². The van der Waals surface area contributed by atoms with Crippen LogP contribution in [0.2, 0.25) is 0 Å². The lowest BCUT2D eigenvalue weighted by Gasteiger charge is -2.08.